The highest BCUT2D eigenvalue weighted by Gasteiger charge is 2.28. The summed E-state index contributed by atoms with van der Waals surface area (Å²) in [5.41, 5.74) is 6.55. The van der Waals surface area contributed by atoms with Gasteiger partial charge >= 0.3 is 0 Å². The number of nitrogens with zero attached hydrogens (tertiary/aromatic N) is 6. The third kappa shape index (κ3) is 6.02. The van der Waals surface area contributed by atoms with E-state index in [1.165, 1.54) is 5.56 Å². The van der Waals surface area contributed by atoms with Gasteiger partial charge in [-0.15, -0.1) is 0 Å². The summed E-state index contributed by atoms with van der Waals surface area (Å²) in [5.74, 6) is 1.28. The van der Waals surface area contributed by atoms with E-state index in [1.54, 1.807) is 7.11 Å². The first kappa shape index (κ1) is 27.5. The highest BCUT2D eigenvalue weighted by molar-refractivity contribution is 5.69. The van der Waals surface area contributed by atoms with E-state index in [1.807, 2.05) is 46.2 Å². The van der Waals surface area contributed by atoms with Gasteiger partial charge in [-0.1, -0.05) is 27.7 Å². The van der Waals surface area contributed by atoms with E-state index >= 15 is 0 Å². The monoisotopic (exact) mass is 494 g/mol. The number of ether oxygens (including phenoxy) is 1. The topological polar surface area (TPSA) is 93.0 Å². The van der Waals surface area contributed by atoms with Gasteiger partial charge in [0.05, 0.1) is 35.6 Å². The van der Waals surface area contributed by atoms with Crippen molar-refractivity contribution in [3.8, 4) is 11.4 Å². The second-order valence-corrected chi connectivity index (χ2v) is 8.58. The minimum absolute atomic E-state index is 0.228. The second-order valence-electron chi connectivity index (χ2n) is 8.58. The molecule has 2 N–H and O–H groups in total. The Morgan fingerprint density at radius 1 is 1.03 bits per heavy atom. The summed E-state index contributed by atoms with van der Waals surface area (Å²) in [6.07, 6.45) is 5.67. The molecule has 4 heterocycles. The summed E-state index contributed by atoms with van der Waals surface area (Å²) >= 11 is 0. The van der Waals surface area contributed by atoms with Gasteiger partial charge in [0.1, 0.15) is 5.82 Å². The fourth-order valence-corrected chi connectivity index (χ4v) is 4.46. The van der Waals surface area contributed by atoms with Gasteiger partial charge in [-0.2, -0.15) is 5.10 Å². The molecule has 0 radical (unpaired) electrons. The number of piperazine rings is 1. The van der Waals surface area contributed by atoms with Gasteiger partial charge < -0.3 is 20.3 Å². The molecule has 196 valence electrons. The van der Waals surface area contributed by atoms with E-state index in [-0.39, 0.29) is 6.04 Å². The molecule has 36 heavy (non-hydrogen) atoms. The lowest BCUT2D eigenvalue weighted by molar-refractivity contribution is 0.179. The molecule has 5 rings (SSSR count). The second kappa shape index (κ2) is 13.3. The molecule has 2 aliphatic rings. The first-order chi connectivity index (χ1) is 17.6. The molecule has 1 aliphatic carbocycles. The Kier molecular flexibility index (Phi) is 10.2. The zero-order valence-electron chi connectivity index (χ0n) is 22.9. The van der Waals surface area contributed by atoms with Crippen LogP contribution in [0.15, 0.2) is 24.5 Å². The van der Waals surface area contributed by atoms with E-state index in [2.05, 4.69) is 50.1 Å². The molecule has 3 aromatic heterocycles. The number of nitrogens with one attached hydrogen (secondary N) is 2. The predicted molar refractivity (Wildman–Crippen MR) is 147 cm³/mol. The highest BCUT2D eigenvalue weighted by atomic mass is 16.5. The molecule has 0 saturated carbocycles. The number of methoxy groups -OCH3 is 1. The van der Waals surface area contributed by atoms with Gasteiger partial charge in [0.2, 0.25) is 5.95 Å². The van der Waals surface area contributed by atoms with Crippen LogP contribution < -0.4 is 15.5 Å². The zero-order valence-corrected chi connectivity index (χ0v) is 22.9. The number of anilines is 3. The first-order valence-corrected chi connectivity index (χ1v) is 13.3. The molecule has 0 bridgehead atoms. The largest absolute Gasteiger partial charge is 0.378 e. The van der Waals surface area contributed by atoms with Crippen molar-refractivity contribution < 1.29 is 4.74 Å². The van der Waals surface area contributed by atoms with Crippen molar-refractivity contribution in [2.75, 3.05) is 43.5 Å². The molecule has 1 aliphatic heterocycles. The van der Waals surface area contributed by atoms with Crippen molar-refractivity contribution in [1.82, 2.24) is 30.0 Å². The Balaban J connectivity index is 0.000000861. The number of aryl methyl sites for hydroxylation is 1. The van der Waals surface area contributed by atoms with Crippen molar-refractivity contribution in [3.05, 3.63) is 41.3 Å². The predicted octanol–water partition coefficient (Wildman–Crippen LogP) is 4.77. The number of fused-ring (bicyclic) bond motifs is 3. The summed E-state index contributed by atoms with van der Waals surface area (Å²) in [4.78, 5) is 16.4. The summed E-state index contributed by atoms with van der Waals surface area (Å²) in [6.45, 7) is 16.8. The van der Waals surface area contributed by atoms with Crippen molar-refractivity contribution in [2.45, 2.75) is 67.0 Å². The van der Waals surface area contributed by atoms with Crippen LogP contribution in [0.4, 0.5) is 17.5 Å². The molecule has 0 atom stereocenters. The van der Waals surface area contributed by atoms with Crippen LogP contribution in [0.25, 0.3) is 11.4 Å². The fourth-order valence-electron chi connectivity index (χ4n) is 4.46. The average molecular weight is 495 g/mol. The summed E-state index contributed by atoms with van der Waals surface area (Å²) < 4.78 is 7.46. The van der Waals surface area contributed by atoms with E-state index in [9.17, 15) is 0 Å². The molecule has 0 aromatic carbocycles. The number of rotatable bonds is 6. The molecule has 1 saturated heterocycles. The maximum Gasteiger partial charge on any atom is 0.228 e. The lowest BCUT2D eigenvalue weighted by atomic mass is 9.93. The quantitative estimate of drug-likeness (QED) is 0.506. The lowest BCUT2D eigenvalue weighted by Gasteiger charge is -2.29. The number of pyridine rings is 1. The van der Waals surface area contributed by atoms with E-state index in [0.717, 1.165) is 73.2 Å². The van der Waals surface area contributed by atoms with E-state index in [0.29, 0.717) is 12.6 Å². The van der Waals surface area contributed by atoms with Crippen LogP contribution in [0.5, 0.6) is 0 Å². The molecule has 9 heteroatoms. The fraction of sp³-hybridized carbons (Fsp3) is 0.556. The smallest absolute Gasteiger partial charge is 0.228 e. The van der Waals surface area contributed by atoms with Crippen molar-refractivity contribution >= 4 is 17.5 Å². The minimum atomic E-state index is 0.228. The molecule has 9 nitrogen and oxygen atoms in total. The molecule has 0 unspecified atom stereocenters. The van der Waals surface area contributed by atoms with Gasteiger partial charge in [0, 0.05) is 51.1 Å². The van der Waals surface area contributed by atoms with Crippen molar-refractivity contribution in [2.24, 2.45) is 0 Å². The maximum absolute atomic E-state index is 5.40. The van der Waals surface area contributed by atoms with Crippen LogP contribution in [-0.2, 0) is 24.2 Å². The van der Waals surface area contributed by atoms with E-state index in [4.69, 9.17) is 14.8 Å². The number of hydrogen-bond acceptors (Lipinski definition) is 8. The summed E-state index contributed by atoms with van der Waals surface area (Å²) in [5, 5.41) is 11.5. The number of hydrogen-bond donors (Lipinski definition) is 2. The maximum atomic E-state index is 5.40. The molecule has 1 fully saturated rings. The molecule has 0 spiro atoms. The van der Waals surface area contributed by atoms with E-state index < -0.39 is 0 Å². The molecule has 3 aromatic rings. The van der Waals surface area contributed by atoms with Gasteiger partial charge in [-0.25, -0.2) is 15.0 Å². The number of aromatic nitrogens is 5. The Bertz CT molecular complexity index is 1090. The molecular formula is C27H42N8O. The van der Waals surface area contributed by atoms with Crippen LogP contribution in [0.1, 0.15) is 64.4 Å². The third-order valence-electron chi connectivity index (χ3n) is 6.07. The minimum Gasteiger partial charge on any atom is -0.378 e. The van der Waals surface area contributed by atoms with Crippen molar-refractivity contribution in [1.29, 1.82) is 0 Å². The SMILES string of the molecule is CC.CC.COCc1nn(C(C)C)c2c1CCc1cnc(Nc3ccc(N4CCNCC4)cn3)nc1-2. The van der Waals surface area contributed by atoms with Crippen LogP contribution in [0.3, 0.4) is 0 Å². The first-order valence-electron chi connectivity index (χ1n) is 13.3. The lowest BCUT2D eigenvalue weighted by Crippen LogP contribution is -2.43. The summed E-state index contributed by atoms with van der Waals surface area (Å²) in [7, 11) is 1.71. The highest BCUT2D eigenvalue weighted by Crippen LogP contribution is 2.36. The van der Waals surface area contributed by atoms with Crippen molar-refractivity contribution in [3.63, 3.8) is 0 Å². The Morgan fingerprint density at radius 3 is 2.42 bits per heavy atom. The molecule has 0 amide bonds. The van der Waals surface area contributed by atoms with Gasteiger partial charge in [0.25, 0.3) is 0 Å². The summed E-state index contributed by atoms with van der Waals surface area (Å²) in [6, 6.07) is 4.31. The average Bonchev–Trinajstić information content (AvgIpc) is 3.31. The van der Waals surface area contributed by atoms with Crippen LogP contribution in [0, 0.1) is 0 Å². The normalized spacial score (nSPS) is 14.2. The molecular weight excluding hydrogens is 452 g/mol. The Morgan fingerprint density at radius 2 is 1.78 bits per heavy atom. The van der Waals surface area contributed by atoms with Gasteiger partial charge in [-0.05, 0) is 44.4 Å². The van der Waals surface area contributed by atoms with Gasteiger partial charge in [-0.3, -0.25) is 4.68 Å². The Hall–Kier alpha value is -3.04. The third-order valence-corrected chi connectivity index (χ3v) is 6.07. The van der Waals surface area contributed by atoms with Crippen LogP contribution in [-0.4, -0.2) is 58.0 Å². The van der Waals surface area contributed by atoms with Crippen LogP contribution >= 0.6 is 0 Å². The zero-order chi connectivity index (χ0) is 26.1. The van der Waals surface area contributed by atoms with Gasteiger partial charge in [0.15, 0.2) is 0 Å². The van der Waals surface area contributed by atoms with Crippen LogP contribution in [0.2, 0.25) is 0 Å². The standard InChI is InChI=1S/C23H30N8O.2C2H6/c1-15(2)31-22-18(19(29-31)14-32-3)6-4-16-12-26-23(28-21(16)22)27-20-7-5-17(13-25-20)30-10-8-24-9-11-30;2*1-2/h5,7,12-13,15,24H,4,6,8-11,14H2,1-3H3,(H,25,26,27,28);2*1-2H3. The Labute approximate surface area is 215 Å².